The molecule has 0 atom stereocenters. The number of aromatic nitrogens is 2. The molecule has 0 amide bonds. The minimum Gasteiger partial charge on any atom is -0.316 e. The van der Waals surface area contributed by atoms with Crippen LogP contribution in [0.25, 0.3) is 0 Å². The highest BCUT2D eigenvalue weighted by Crippen LogP contribution is 2.34. The SMILES string of the molecule is CCCNCC(CC)(CC)Cc1c(Cl)c(CC)nn1C. The van der Waals surface area contributed by atoms with E-state index < -0.39 is 0 Å². The van der Waals surface area contributed by atoms with Crippen molar-refractivity contribution in [3.8, 4) is 0 Å². The predicted octanol–water partition coefficient (Wildman–Crippen LogP) is 3.98. The highest BCUT2D eigenvalue weighted by atomic mass is 35.5. The van der Waals surface area contributed by atoms with Crippen molar-refractivity contribution in [2.24, 2.45) is 12.5 Å². The van der Waals surface area contributed by atoms with Crippen LogP contribution < -0.4 is 5.32 Å². The summed E-state index contributed by atoms with van der Waals surface area (Å²) in [5.74, 6) is 0. The van der Waals surface area contributed by atoms with Crippen molar-refractivity contribution in [2.45, 2.75) is 59.8 Å². The molecule has 0 aliphatic carbocycles. The molecule has 0 bridgehead atoms. The van der Waals surface area contributed by atoms with Gasteiger partial charge in [0.25, 0.3) is 0 Å². The van der Waals surface area contributed by atoms with Gasteiger partial charge in [0.2, 0.25) is 0 Å². The zero-order valence-corrected chi connectivity index (χ0v) is 14.5. The predicted molar refractivity (Wildman–Crippen MR) is 87.5 cm³/mol. The third-order valence-electron chi connectivity index (χ3n) is 4.47. The molecule has 3 nitrogen and oxygen atoms in total. The molecular weight excluding hydrogens is 270 g/mol. The van der Waals surface area contributed by atoms with Crippen LogP contribution in [-0.4, -0.2) is 22.9 Å². The van der Waals surface area contributed by atoms with Crippen LogP contribution in [0.5, 0.6) is 0 Å². The van der Waals surface area contributed by atoms with Gasteiger partial charge in [0.1, 0.15) is 0 Å². The third kappa shape index (κ3) is 3.98. The molecule has 0 saturated heterocycles. The standard InChI is InChI=1S/C16H30ClN3/c1-6-10-18-12-16(8-3,9-4)11-14-15(17)13(7-2)19-20(14)5/h18H,6-12H2,1-5H3. The van der Waals surface area contributed by atoms with Gasteiger partial charge in [-0.2, -0.15) is 5.10 Å². The second-order valence-corrected chi connectivity index (χ2v) is 6.12. The lowest BCUT2D eigenvalue weighted by molar-refractivity contribution is 0.242. The van der Waals surface area contributed by atoms with Crippen LogP contribution in [-0.2, 0) is 19.9 Å². The highest BCUT2D eigenvalue weighted by molar-refractivity contribution is 6.31. The van der Waals surface area contributed by atoms with E-state index in [4.69, 9.17) is 11.6 Å². The summed E-state index contributed by atoms with van der Waals surface area (Å²) in [7, 11) is 2.01. The van der Waals surface area contributed by atoms with Gasteiger partial charge >= 0.3 is 0 Å². The van der Waals surface area contributed by atoms with Crippen molar-refractivity contribution >= 4 is 11.6 Å². The first kappa shape index (κ1) is 17.5. The Morgan fingerprint density at radius 1 is 1.20 bits per heavy atom. The molecule has 1 N–H and O–H groups in total. The van der Waals surface area contributed by atoms with Crippen molar-refractivity contribution < 1.29 is 0 Å². The third-order valence-corrected chi connectivity index (χ3v) is 4.91. The van der Waals surface area contributed by atoms with Crippen LogP contribution in [0.1, 0.15) is 58.3 Å². The number of nitrogens with one attached hydrogen (secondary N) is 1. The van der Waals surface area contributed by atoms with Crippen molar-refractivity contribution in [3.05, 3.63) is 16.4 Å². The molecule has 0 saturated carbocycles. The fourth-order valence-electron chi connectivity index (χ4n) is 2.71. The van der Waals surface area contributed by atoms with Gasteiger partial charge in [-0.25, -0.2) is 0 Å². The van der Waals surface area contributed by atoms with Gasteiger partial charge in [-0.3, -0.25) is 4.68 Å². The Labute approximate surface area is 129 Å². The number of halogens is 1. The zero-order chi connectivity index (χ0) is 15.2. The van der Waals surface area contributed by atoms with E-state index >= 15 is 0 Å². The van der Waals surface area contributed by atoms with E-state index in [1.165, 1.54) is 12.1 Å². The first-order valence-corrected chi connectivity index (χ1v) is 8.32. The molecule has 0 spiro atoms. The molecule has 0 unspecified atom stereocenters. The Morgan fingerprint density at radius 2 is 1.85 bits per heavy atom. The highest BCUT2D eigenvalue weighted by Gasteiger charge is 2.29. The van der Waals surface area contributed by atoms with Gasteiger partial charge in [0.05, 0.1) is 16.4 Å². The summed E-state index contributed by atoms with van der Waals surface area (Å²) in [6.45, 7) is 11.0. The maximum Gasteiger partial charge on any atom is 0.0849 e. The topological polar surface area (TPSA) is 29.9 Å². The van der Waals surface area contributed by atoms with Crippen molar-refractivity contribution in [1.29, 1.82) is 0 Å². The molecule has 0 aliphatic heterocycles. The molecule has 0 radical (unpaired) electrons. The molecule has 0 aromatic carbocycles. The summed E-state index contributed by atoms with van der Waals surface area (Å²) in [6, 6.07) is 0. The molecule has 20 heavy (non-hydrogen) atoms. The number of hydrogen-bond acceptors (Lipinski definition) is 2. The Balaban J connectivity index is 2.92. The van der Waals surface area contributed by atoms with Gasteiger partial charge in [-0.15, -0.1) is 0 Å². The minimum atomic E-state index is 0.275. The average molecular weight is 300 g/mol. The molecule has 1 aromatic rings. The monoisotopic (exact) mass is 299 g/mol. The fraction of sp³-hybridized carbons (Fsp3) is 0.812. The minimum absolute atomic E-state index is 0.275. The van der Waals surface area contributed by atoms with Crippen LogP contribution >= 0.6 is 11.6 Å². The molecule has 0 fully saturated rings. The van der Waals surface area contributed by atoms with E-state index in [1.807, 2.05) is 11.7 Å². The Bertz CT molecular complexity index is 408. The second kappa shape index (κ2) is 8.04. The lowest BCUT2D eigenvalue weighted by atomic mass is 9.78. The normalized spacial score (nSPS) is 12.1. The first-order chi connectivity index (χ1) is 9.53. The molecule has 1 aromatic heterocycles. The van der Waals surface area contributed by atoms with Crippen LogP contribution in [0.2, 0.25) is 5.02 Å². The van der Waals surface area contributed by atoms with Gasteiger partial charge in [-0.1, -0.05) is 39.3 Å². The van der Waals surface area contributed by atoms with Crippen molar-refractivity contribution in [2.75, 3.05) is 13.1 Å². The molecule has 0 aliphatic rings. The maximum absolute atomic E-state index is 6.51. The lowest BCUT2D eigenvalue weighted by Crippen LogP contribution is -2.36. The van der Waals surface area contributed by atoms with Gasteiger partial charge in [0, 0.05) is 13.6 Å². The van der Waals surface area contributed by atoms with Crippen LogP contribution in [0.3, 0.4) is 0 Å². The summed E-state index contributed by atoms with van der Waals surface area (Å²) >= 11 is 6.51. The summed E-state index contributed by atoms with van der Waals surface area (Å²) in [5.41, 5.74) is 2.48. The van der Waals surface area contributed by atoms with E-state index in [9.17, 15) is 0 Å². The second-order valence-electron chi connectivity index (χ2n) is 5.75. The van der Waals surface area contributed by atoms with E-state index in [1.54, 1.807) is 0 Å². The van der Waals surface area contributed by atoms with Gasteiger partial charge < -0.3 is 5.32 Å². The first-order valence-electron chi connectivity index (χ1n) is 7.94. The van der Waals surface area contributed by atoms with Crippen molar-refractivity contribution in [3.63, 3.8) is 0 Å². The van der Waals surface area contributed by atoms with Crippen LogP contribution in [0, 0.1) is 5.41 Å². The van der Waals surface area contributed by atoms with E-state index in [0.717, 1.165) is 49.5 Å². The van der Waals surface area contributed by atoms with Crippen LogP contribution in [0.15, 0.2) is 0 Å². The molecule has 4 heteroatoms. The van der Waals surface area contributed by atoms with Gasteiger partial charge in [0.15, 0.2) is 0 Å². The maximum atomic E-state index is 6.51. The number of hydrogen-bond donors (Lipinski definition) is 1. The molecule has 1 rings (SSSR count). The smallest absolute Gasteiger partial charge is 0.0849 e. The average Bonchev–Trinajstić information content (AvgIpc) is 2.73. The Morgan fingerprint density at radius 3 is 2.30 bits per heavy atom. The summed E-state index contributed by atoms with van der Waals surface area (Å²) < 4.78 is 1.97. The number of aryl methyl sites for hydroxylation is 2. The molecular formula is C16H30ClN3. The molecule has 1 heterocycles. The van der Waals surface area contributed by atoms with Crippen molar-refractivity contribution in [1.82, 2.24) is 15.1 Å². The molecule has 116 valence electrons. The van der Waals surface area contributed by atoms with E-state index in [-0.39, 0.29) is 5.41 Å². The fourth-order valence-corrected chi connectivity index (χ4v) is 3.07. The number of rotatable bonds is 9. The van der Waals surface area contributed by atoms with Crippen LogP contribution in [0.4, 0.5) is 0 Å². The summed E-state index contributed by atoms with van der Waals surface area (Å²) in [6.07, 6.45) is 5.38. The number of nitrogens with zero attached hydrogens (tertiary/aromatic N) is 2. The zero-order valence-electron chi connectivity index (χ0n) is 13.7. The van der Waals surface area contributed by atoms with Gasteiger partial charge in [-0.05, 0) is 44.1 Å². The largest absolute Gasteiger partial charge is 0.316 e. The Hall–Kier alpha value is -0.540. The van der Waals surface area contributed by atoms with E-state index in [2.05, 4.69) is 38.1 Å². The summed E-state index contributed by atoms with van der Waals surface area (Å²) in [5, 5.41) is 9.00. The Kier molecular flexibility index (Phi) is 7.04. The summed E-state index contributed by atoms with van der Waals surface area (Å²) in [4.78, 5) is 0. The van der Waals surface area contributed by atoms with E-state index in [0.29, 0.717) is 0 Å². The lowest BCUT2D eigenvalue weighted by Gasteiger charge is -2.32. The quantitative estimate of drug-likeness (QED) is 0.699.